The van der Waals surface area contributed by atoms with Crippen molar-refractivity contribution in [3.05, 3.63) is 23.3 Å². The Bertz CT molecular complexity index is 760. The van der Waals surface area contributed by atoms with Crippen LogP contribution in [0.3, 0.4) is 0 Å². The van der Waals surface area contributed by atoms with Gasteiger partial charge in [-0.1, -0.05) is 0 Å². The average Bonchev–Trinajstić information content (AvgIpc) is 2.63. The molecule has 1 aromatic carbocycles. The molecule has 0 aromatic heterocycles. The van der Waals surface area contributed by atoms with Gasteiger partial charge < -0.3 is 9.47 Å². The Labute approximate surface area is 137 Å². The van der Waals surface area contributed by atoms with Crippen molar-refractivity contribution >= 4 is 15.8 Å². The summed E-state index contributed by atoms with van der Waals surface area (Å²) in [6.45, 7) is 0.675. The molecule has 0 N–H and O–H groups in total. The molecule has 1 unspecified atom stereocenters. The summed E-state index contributed by atoms with van der Waals surface area (Å²) in [5, 5.41) is 0. The van der Waals surface area contributed by atoms with Crippen LogP contribution in [-0.4, -0.2) is 50.8 Å². The normalized spacial score (nSPS) is 19.6. The van der Waals surface area contributed by atoms with E-state index in [1.165, 1.54) is 26.4 Å². The number of carbonyl (C=O) groups excluding carboxylic acids is 1. The third-order valence-corrected chi connectivity index (χ3v) is 5.59. The summed E-state index contributed by atoms with van der Waals surface area (Å²) in [6.07, 6.45) is -0.0545. The maximum atomic E-state index is 12.8. The Morgan fingerprint density at radius 1 is 1.17 bits per heavy atom. The molecule has 1 atom stereocenters. The molecule has 0 aliphatic carbocycles. The quantitative estimate of drug-likeness (QED) is 0.817. The highest BCUT2D eigenvalue weighted by Gasteiger charge is 2.52. The van der Waals surface area contributed by atoms with E-state index in [-0.39, 0.29) is 22.0 Å². The number of fused-ring (bicyclic) bond motifs is 1. The molecule has 0 fully saturated rings. The van der Waals surface area contributed by atoms with Gasteiger partial charge in [0, 0.05) is 12.1 Å². The number of benzene rings is 1. The first-order valence-corrected chi connectivity index (χ1v) is 8.35. The number of alkyl halides is 3. The number of rotatable bonds is 3. The third-order valence-electron chi connectivity index (χ3n) is 3.89. The largest absolute Gasteiger partial charge is 0.511 e. The number of ether oxygens (including phenoxy) is 2. The Morgan fingerprint density at radius 3 is 2.21 bits per heavy atom. The summed E-state index contributed by atoms with van der Waals surface area (Å²) in [7, 11) is -2.87. The number of nitrogens with zero attached hydrogens (tertiary/aromatic N) is 1. The lowest BCUT2D eigenvalue weighted by atomic mass is 9.99. The predicted octanol–water partition coefficient (Wildman–Crippen LogP) is 1.98. The minimum absolute atomic E-state index is 0.0545. The van der Waals surface area contributed by atoms with E-state index in [2.05, 4.69) is 0 Å². The van der Waals surface area contributed by atoms with Crippen LogP contribution < -0.4 is 9.47 Å². The lowest BCUT2D eigenvalue weighted by Gasteiger charge is -2.26. The second kappa shape index (κ2) is 6.25. The van der Waals surface area contributed by atoms with Gasteiger partial charge >= 0.3 is 15.5 Å². The molecular weight excluding hydrogens is 351 g/mol. The van der Waals surface area contributed by atoms with Gasteiger partial charge in [-0.05, 0) is 31.0 Å². The maximum absolute atomic E-state index is 12.8. The summed E-state index contributed by atoms with van der Waals surface area (Å²) >= 11 is 0. The van der Waals surface area contributed by atoms with E-state index in [1.807, 2.05) is 0 Å². The summed E-state index contributed by atoms with van der Waals surface area (Å²) in [4.78, 5) is 12.5. The number of halogens is 3. The Kier molecular flexibility index (Phi) is 4.82. The number of ketones is 1. The van der Waals surface area contributed by atoms with Gasteiger partial charge in [0.05, 0.1) is 20.3 Å². The van der Waals surface area contributed by atoms with Crippen molar-refractivity contribution in [2.24, 2.45) is 0 Å². The van der Waals surface area contributed by atoms with E-state index < -0.39 is 33.9 Å². The molecule has 1 aliphatic heterocycles. The molecule has 0 saturated heterocycles. The first kappa shape index (κ1) is 18.5. The van der Waals surface area contributed by atoms with Crippen LogP contribution in [0, 0.1) is 0 Å². The number of methoxy groups -OCH3 is 2. The number of sulfonamides is 1. The summed E-state index contributed by atoms with van der Waals surface area (Å²) in [5.41, 5.74) is -4.93. The number of carbonyl (C=O) groups is 1. The zero-order valence-corrected chi connectivity index (χ0v) is 14.0. The van der Waals surface area contributed by atoms with Crippen molar-refractivity contribution in [2.75, 3.05) is 20.8 Å². The van der Waals surface area contributed by atoms with Crippen molar-refractivity contribution in [1.29, 1.82) is 0 Å². The van der Waals surface area contributed by atoms with E-state index in [9.17, 15) is 26.4 Å². The fourth-order valence-electron chi connectivity index (χ4n) is 2.60. The average molecular weight is 367 g/mol. The van der Waals surface area contributed by atoms with Crippen molar-refractivity contribution in [2.45, 2.75) is 24.9 Å². The van der Waals surface area contributed by atoms with Crippen LogP contribution in [0.25, 0.3) is 0 Å². The Morgan fingerprint density at radius 2 is 1.71 bits per heavy atom. The first-order chi connectivity index (χ1) is 11.0. The summed E-state index contributed by atoms with van der Waals surface area (Å²) in [5.74, 6) is -0.177. The highest BCUT2D eigenvalue weighted by Crippen LogP contribution is 2.35. The summed E-state index contributed by atoms with van der Waals surface area (Å²) < 4.78 is 72.3. The Balaban J connectivity index is 2.53. The molecule has 6 nitrogen and oxygen atoms in total. The van der Waals surface area contributed by atoms with Gasteiger partial charge in [-0.2, -0.15) is 17.5 Å². The second-order valence-corrected chi connectivity index (χ2v) is 7.10. The molecule has 0 radical (unpaired) electrons. The zero-order valence-electron chi connectivity index (χ0n) is 13.2. The van der Waals surface area contributed by atoms with Gasteiger partial charge in [0.25, 0.3) is 0 Å². The molecule has 2 rings (SSSR count). The second-order valence-electron chi connectivity index (χ2n) is 5.22. The molecule has 1 aromatic rings. The number of Topliss-reactive ketones (excluding diaryl/α,β-unsaturated/α-hetero) is 1. The van der Waals surface area contributed by atoms with Crippen LogP contribution in [0.1, 0.15) is 22.8 Å². The molecule has 0 bridgehead atoms. The van der Waals surface area contributed by atoms with Crippen LogP contribution >= 0.6 is 0 Å². The monoisotopic (exact) mass is 367 g/mol. The summed E-state index contributed by atoms with van der Waals surface area (Å²) in [6, 6.07) is 1.36. The highest BCUT2D eigenvalue weighted by molar-refractivity contribution is 7.90. The van der Waals surface area contributed by atoms with E-state index in [0.29, 0.717) is 11.3 Å². The van der Waals surface area contributed by atoms with Crippen molar-refractivity contribution < 1.29 is 35.9 Å². The van der Waals surface area contributed by atoms with Gasteiger partial charge in [-0.3, -0.25) is 4.79 Å². The zero-order chi connectivity index (χ0) is 18.3. The maximum Gasteiger partial charge on any atom is 0.511 e. The lowest BCUT2D eigenvalue weighted by Crippen LogP contribution is -2.48. The predicted molar refractivity (Wildman–Crippen MR) is 78.7 cm³/mol. The molecule has 0 amide bonds. The topological polar surface area (TPSA) is 72.9 Å². The SMILES string of the molecule is COc1cc2c(cc1OC)C(=O)C(C)N(S(=O)(=O)C(F)(F)F)CC2. The molecule has 134 valence electrons. The molecule has 10 heteroatoms. The van der Waals surface area contributed by atoms with E-state index >= 15 is 0 Å². The van der Waals surface area contributed by atoms with Crippen molar-refractivity contribution in [3.63, 3.8) is 0 Å². The van der Waals surface area contributed by atoms with Gasteiger partial charge in [-0.25, -0.2) is 8.42 Å². The van der Waals surface area contributed by atoms with Crippen LogP contribution in [0.5, 0.6) is 11.5 Å². The number of hydrogen-bond donors (Lipinski definition) is 0. The molecule has 0 spiro atoms. The molecule has 1 aliphatic rings. The van der Waals surface area contributed by atoms with Crippen molar-refractivity contribution in [1.82, 2.24) is 4.31 Å². The minimum atomic E-state index is -5.60. The van der Waals surface area contributed by atoms with Crippen LogP contribution in [0.15, 0.2) is 12.1 Å². The molecule has 1 heterocycles. The molecule has 24 heavy (non-hydrogen) atoms. The highest BCUT2D eigenvalue weighted by atomic mass is 32.2. The van der Waals surface area contributed by atoms with Gasteiger partial charge in [0.2, 0.25) is 0 Å². The minimum Gasteiger partial charge on any atom is -0.493 e. The van der Waals surface area contributed by atoms with Gasteiger partial charge in [0.1, 0.15) is 0 Å². The van der Waals surface area contributed by atoms with E-state index in [0.717, 1.165) is 6.92 Å². The van der Waals surface area contributed by atoms with Gasteiger partial charge in [-0.15, -0.1) is 0 Å². The Hall–Kier alpha value is -1.81. The van der Waals surface area contributed by atoms with Crippen LogP contribution in [0.4, 0.5) is 13.2 Å². The van der Waals surface area contributed by atoms with Crippen LogP contribution in [0.2, 0.25) is 0 Å². The van der Waals surface area contributed by atoms with E-state index in [4.69, 9.17) is 9.47 Å². The smallest absolute Gasteiger partial charge is 0.493 e. The molecular formula is C14H16F3NO5S. The third kappa shape index (κ3) is 2.95. The number of hydrogen-bond acceptors (Lipinski definition) is 5. The van der Waals surface area contributed by atoms with E-state index in [1.54, 1.807) is 0 Å². The lowest BCUT2D eigenvalue weighted by molar-refractivity contribution is -0.0494. The van der Waals surface area contributed by atoms with Gasteiger partial charge in [0.15, 0.2) is 17.3 Å². The first-order valence-electron chi connectivity index (χ1n) is 6.91. The van der Waals surface area contributed by atoms with Crippen LogP contribution in [-0.2, 0) is 16.4 Å². The fraction of sp³-hybridized carbons (Fsp3) is 0.500. The molecule has 0 saturated carbocycles. The standard InChI is InChI=1S/C14H16F3NO5S/c1-8-13(19)10-7-12(23-3)11(22-2)6-9(10)4-5-18(8)24(20,21)14(15,16)17/h6-8H,4-5H2,1-3H3. The fourth-order valence-corrected chi connectivity index (χ4v) is 3.71. The van der Waals surface area contributed by atoms with Crippen molar-refractivity contribution in [3.8, 4) is 11.5 Å².